The Hall–Kier alpha value is -1.96. The number of hydrogen-bond acceptors (Lipinski definition) is 5. The van der Waals surface area contributed by atoms with Gasteiger partial charge < -0.3 is 15.3 Å². The number of carbonyl (C=O) groups excluding carboxylic acids is 2. The molecule has 0 spiro atoms. The standard InChI is InChI=1S/C16H23N3O4S/c1-11-10-24-13(17-11)9-19(2)14(21)4-7-16(8-5-15(22)23)6-3-12(20)18-16/h10H,3-9H2,1-2H3,(H,18,20)(H,22,23)/t16-/m1/s1. The van der Waals surface area contributed by atoms with E-state index in [0.29, 0.717) is 32.2 Å². The SMILES string of the molecule is Cc1csc(CN(C)C(=O)CC[C@@]2(CCC(=O)O)CCC(=O)N2)n1. The number of carboxylic acid groups (broad SMARTS) is 1. The van der Waals surface area contributed by atoms with Gasteiger partial charge in [-0.25, -0.2) is 4.98 Å². The fourth-order valence-electron chi connectivity index (χ4n) is 2.92. The predicted octanol–water partition coefficient (Wildman–Crippen LogP) is 1.70. The van der Waals surface area contributed by atoms with Crippen LogP contribution in [0.4, 0.5) is 0 Å². The summed E-state index contributed by atoms with van der Waals surface area (Å²) in [6.45, 7) is 2.38. The van der Waals surface area contributed by atoms with Crippen LogP contribution in [-0.2, 0) is 20.9 Å². The molecule has 1 aliphatic rings. The highest BCUT2D eigenvalue weighted by Crippen LogP contribution is 2.30. The normalized spacial score (nSPS) is 20.0. The molecule has 1 atom stereocenters. The maximum absolute atomic E-state index is 12.3. The van der Waals surface area contributed by atoms with Crippen molar-refractivity contribution in [3.8, 4) is 0 Å². The van der Waals surface area contributed by atoms with Crippen molar-refractivity contribution in [1.82, 2.24) is 15.2 Å². The molecule has 8 heteroatoms. The summed E-state index contributed by atoms with van der Waals surface area (Å²) in [5, 5.41) is 14.6. The first-order chi connectivity index (χ1) is 11.3. The number of rotatable bonds is 8. The molecule has 1 aliphatic heterocycles. The summed E-state index contributed by atoms with van der Waals surface area (Å²) >= 11 is 1.52. The van der Waals surface area contributed by atoms with Gasteiger partial charge in [0.2, 0.25) is 11.8 Å². The summed E-state index contributed by atoms with van der Waals surface area (Å²) < 4.78 is 0. The molecule has 0 radical (unpaired) electrons. The molecule has 1 aromatic heterocycles. The minimum atomic E-state index is -0.891. The fourth-order valence-corrected chi connectivity index (χ4v) is 3.75. The lowest BCUT2D eigenvalue weighted by Gasteiger charge is -2.29. The van der Waals surface area contributed by atoms with E-state index in [1.807, 2.05) is 12.3 Å². The molecule has 0 unspecified atom stereocenters. The zero-order valence-corrected chi connectivity index (χ0v) is 14.8. The zero-order chi connectivity index (χ0) is 17.7. The maximum Gasteiger partial charge on any atom is 0.303 e. The Balaban J connectivity index is 1.89. The molecule has 0 aliphatic carbocycles. The molecule has 7 nitrogen and oxygen atoms in total. The molecule has 24 heavy (non-hydrogen) atoms. The second kappa shape index (κ2) is 7.74. The fraction of sp³-hybridized carbons (Fsp3) is 0.625. The van der Waals surface area contributed by atoms with Crippen LogP contribution in [0.2, 0.25) is 0 Å². The number of nitrogens with one attached hydrogen (secondary N) is 1. The maximum atomic E-state index is 12.3. The molecule has 132 valence electrons. The molecule has 2 amide bonds. The van der Waals surface area contributed by atoms with E-state index in [1.54, 1.807) is 11.9 Å². The average molecular weight is 353 g/mol. The highest BCUT2D eigenvalue weighted by molar-refractivity contribution is 7.09. The van der Waals surface area contributed by atoms with E-state index in [-0.39, 0.29) is 24.7 Å². The third kappa shape index (κ3) is 5.02. The van der Waals surface area contributed by atoms with Gasteiger partial charge in [-0.05, 0) is 26.2 Å². The highest BCUT2D eigenvalue weighted by atomic mass is 32.1. The minimum absolute atomic E-state index is 0.0112. The summed E-state index contributed by atoms with van der Waals surface area (Å²) in [6.07, 6.45) is 2.07. The number of thiazole rings is 1. The molecule has 1 saturated heterocycles. The summed E-state index contributed by atoms with van der Waals surface area (Å²) in [5.74, 6) is -0.990. The van der Waals surface area contributed by atoms with Gasteiger partial charge in [-0.1, -0.05) is 0 Å². The third-order valence-electron chi connectivity index (χ3n) is 4.33. The number of amides is 2. The van der Waals surface area contributed by atoms with E-state index in [9.17, 15) is 14.4 Å². The van der Waals surface area contributed by atoms with Crippen molar-refractivity contribution < 1.29 is 19.5 Å². The van der Waals surface area contributed by atoms with Gasteiger partial charge in [0.25, 0.3) is 0 Å². The van der Waals surface area contributed by atoms with Crippen molar-refractivity contribution in [1.29, 1.82) is 0 Å². The van der Waals surface area contributed by atoms with Gasteiger partial charge >= 0.3 is 5.97 Å². The summed E-state index contributed by atoms with van der Waals surface area (Å²) in [7, 11) is 1.73. The highest BCUT2D eigenvalue weighted by Gasteiger charge is 2.38. The van der Waals surface area contributed by atoms with Crippen LogP contribution < -0.4 is 5.32 Å². The smallest absolute Gasteiger partial charge is 0.303 e. The average Bonchev–Trinajstić information content (AvgIpc) is 3.09. The van der Waals surface area contributed by atoms with Gasteiger partial charge in [-0.3, -0.25) is 14.4 Å². The second-order valence-electron chi connectivity index (χ2n) is 6.35. The van der Waals surface area contributed by atoms with Gasteiger partial charge in [0.05, 0.1) is 6.54 Å². The van der Waals surface area contributed by atoms with Crippen LogP contribution in [0.25, 0.3) is 0 Å². The third-order valence-corrected chi connectivity index (χ3v) is 5.29. The Morgan fingerprint density at radius 3 is 2.67 bits per heavy atom. The molecule has 2 rings (SSSR count). The van der Waals surface area contributed by atoms with Crippen molar-refractivity contribution in [2.45, 2.75) is 57.5 Å². The quantitative estimate of drug-likeness (QED) is 0.741. The summed E-state index contributed by atoms with van der Waals surface area (Å²) in [6, 6.07) is 0. The van der Waals surface area contributed by atoms with Crippen LogP contribution in [-0.4, -0.2) is 45.4 Å². The van der Waals surface area contributed by atoms with Gasteiger partial charge in [0.15, 0.2) is 0 Å². The van der Waals surface area contributed by atoms with Crippen LogP contribution in [0.1, 0.15) is 49.2 Å². The van der Waals surface area contributed by atoms with E-state index < -0.39 is 11.5 Å². The summed E-state index contributed by atoms with van der Waals surface area (Å²) in [5.41, 5.74) is 0.376. The van der Waals surface area contributed by atoms with E-state index in [2.05, 4.69) is 10.3 Å². The molecule has 1 aromatic rings. The lowest BCUT2D eigenvalue weighted by molar-refractivity contribution is -0.137. The van der Waals surface area contributed by atoms with Crippen molar-refractivity contribution >= 4 is 29.1 Å². The second-order valence-corrected chi connectivity index (χ2v) is 7.30. The minimum Gasteiger partial charge on any atom is -0.481 e. The first-order valence-corrected chi connectivity index (χ1v) is 8.85. The number of hydrogen-bond donors (Lipinski definition) is 2. The number of nitrogens with zero attached hydrogens (tertiary/aromatic N) is 2. The van der Waals surface area contributed by atoms with Crippen LogP contribution in [0.5, 0.6) is 0 Å². The predicted molar refractivity (Wildman–Crippen MR) is 89.5 cm³/mol. The van der Waals surface area contributed by atoms with Crippen molar-refractivity contribution in [3.63, 3.8) is 0 Å². The Kier molecular flexibility index (Phi) is 5.93. The molecule has 1 fully saturated rings. The Bertz CT molecular complexity index is 631. The number of aromatic nitrogens is 1. The van der Waals surface area contributed by atoms with Crippen LogP contribution in [0.15, 0.2) is 5.38 Å². The monoisotopic (exact) mass is 353 g/mol. The Labute approximate surface area is 145 Å². The number of carboxylic acids is 1. The van der Waals surface area contributed by atoms with E-state index >= 15 is 0 Å². The Morgan fingerprint density at radius 1 is 1.42 bits per heavy atom. The lowest BCUT2D eigenvalue weighted by Crippen LogP contribution is -2.43. The van der Waals surface area contributed by atoms with Crippen molar-refractivity contribution in [2.75, 3.05) is 7.05 Å². The molecule has 2 N–H and O–H groups in total. The van der Waals surface area contributed by atoms with Gasteiger partial charge in [0.1, 0.15) is 5.01 Å². The van der Waals surface area contributed by atoms with Gasteiger partial charge in [0, 0.05) is 42.9 Å². The first-order valence-electron chi connectivity index (χ1n) is 7.97. The van der Waals surface area contributed by atoms with Crippen LogP contribution >= 0.6 is 11.3 Å². The van der Waals surface area contributed by atoms with Gasteiger partial charge in [-0.15, -0.1) is 11.3 Å². The van der Waals surface area contributed by atoms with Crippen molar-refractivity contribution in [2.24, 2.45) is 0 Å². The molecular weight excluding hydrogens is 330 g/mol. The number of aryl methyl sites for hydroxylation is 1. The molecule has 0 aromatic carbocycles. The summed E-state index contributed by atoms with van der Waals surface area (Å²) in [4.78, 5) is 40.7. The van der Waals surface area contributed by atoms with E-state index in [1.165, 1.54) is 11.3 Å². The number of aliphatic carboxylic acids is 1. The molecule has 0 saturated carbocycles. The van der Waals surface area contributed by atoms with Crippen LogP contribution in [0, 0.1) is 6.92 Å². The topological polar surface area (TPSA) is 99.6 Å². The molecule has 2 heterocycles. The van der Waals surface area contributed by atoms with Crippen molar-refractivity contribution in [3.05, 3.63) is 16.1 Å². The zero-order valence-electron chi connectivity index (χ0n) is 14.0. The first kappa shape index (κ1) is 18.4. The Morgan fingerprint density at radius 2 is 2.12 bits per heavy atom. The lowest BCUT2D eigenvalue weighted by atomic mass is 9.86. The van der Waals surface area contributed by atoms with E-state index in [4.69, 9.17) is 5.11 Å². The van der Waals surface area contributed by atoms with E-state index in [0.717, 1.165) is 10.7 Å². The van der Waals surface area contributed by atoms with Crippen LogP contribution in [0.3, 0.4) is 0 Å². The van der Waals surface area contributed by atoms with Gasteiger partial charge in [-0.2, -0.15) is 0 Å². The largest absolute Gasteiger partial charge is 0.481 e. The number of carbonyl (C=O) groups is 3. The molecule has 0 bridgehead atoms. The molecular formula is C16H23N3O4S.